The summed E-state index contributed by atoms with van der Waals surface area (Å²) >= 11 is 0. The van der Waals surface area contributed by atoms with Crippen molar-refractivity contribution >= 4 is 0 Å². The highest BCUT2D eigenvalue weighted by Crippen LogP contribution is 2.23. The molecule has 0 saturated carbocycles. The lowest BCUT2D eigenvalue weighted by molar-refractivity contribution is 0.481. The van der Waals surface area contributed by atoms with Gasteiger partial charge in [0.05, 0.1) is 0 Å². The van der Waals surface area contributed by atoms with E-state index in [1.165, 1.54) is 12.0 Å². The SMILES string of the molecule is c1ccc(Oc2cccc(CC3CCNC3)c2)cc1. The predicted octanol–water partition coefficient (Wildman–Crippen LogP) is 3.63. The van der Waals surface area contributed by atoms with E-state index in [1.807, 2.05) is 36.4 Å². The van der Waals surface area contributed by atoms with Crippen LogP contribution in [-0.4, -0.2) is 13.1 Å². The van der Waals surface area contributed by atoms with Crippen molar-refractivity contribution < 1.29 is 4.74 Å². The first-order valence-corrected chi connectivity index (χ1v) is 6.93. The summed E-state index contributed by atoms with van der Waals surface area (Å²) in [5.41, 5.74) is 1.36. The molecular weight excluding hydrogens is 234 g/mol. The number of nitrogens with one attached hydrogen (secondary N) is 1. The molecule has 1 fully saturated rings. The minimum atomic E-state index is 0.770. The fraction of sp³-hybridized carbons (Fsp3) is 0.294. The number of para-hydroxylation sites is 1. The molecule has 1 aliphatic rings. The van der Waals surface area contributed by atoms with Crippen molar-refractivity contribution in [2.24, 2.45) is 5.92 Å². The molecule has 1 heterocycles. The summed E-state index contributed by atoms with van der Waals surface area (Å²) < 4.78 is 5.87. The van der Waals surface area contributed by atoms with Crippen molar-refractivity contribution in [2.75, 3.05) is 13.1 Å². The third kappa shape index (κ3) is 3.36. The third-order valence-electron chi connectivity index (χ3n) is 3.56. The summed E-state index contributed by atoms with van der Waals surface area (Å²) in [5, 5.41) is 3.42. The van der Waals surface area contributed by atoms with E-state index in [9.17, 15) is 0 Å². The quantitative estimate of drug-likeness (QED) is 0.898. The van der Waals surface area contributed by atoms with E-state index in [0.717, 1.165) is 36.9 Å². The van der Waals surface area contributed by atoms with Crippen LogP contribution in [0, 0.1) is 5.92 Å². The normalized spacial score (nSPS) is 18.4. The number of rotatable bonds is 4. The van der Waals surface area contributed by atoms with E-state index in [0.29, 0.717) is 0 Å². The Kier molecular flexibility index (Phi) is 3.80. The zero-order valence-electron chi connectivity index (χ0n) is 11.0. The molecule has 0 amide bonds. The molecule has 98 valence electrons. The first-order chi connectivity index (χ1) is 9.40. The highest BCUT2D eigenvalue weighted by molar-refractivity contribution is 5.34. The van der Waals surface area contributed by atoms with Gasteiger partial charge < -0.3 is 10.1 Å². The maximum Gasteiger partial charge on any atom is 0.127 e. The molecule has 1 saturated heterocycles. The Labute approximate surface area is 114 Å². The van der Waals surface area contributed by atoms with Crippen molar-refractivity contribution in [3.63, 3.8) is 0 Å². The van der Waals surface area contributed by atoms with Gasteiger partial charge >= 0.3 is 0 Å². The summed E-state index contributed by atoms with van der Waals surface area (Å²) in [4.78, 5) is 0. The van der Waals surface area contributed by atoms with Crippen molar-refractivity contribution in [1.82, 2.24) is 5.32 Å². The molecule has 0 aliphatic carbocycles. The lowest BCUT2D eigenvalue weighted by atomic mass is 9.99. The average molecular weight is 253 g/mol. The molecule has 2 aromatic rings. The Balaban J connectivity index is 1.69. The van der Waals surface area contributed by atoms with Crippen LogP contribution in [-0.2, 0) is 6.42 Å². The smallest absolute Gasteiger partial charge is 0.127 e. The lowest BCUT2D eigenvalue weighted by Crippen LogP contribution is -2.10. The molecule has 0 radical (unpaired) electrons. The first kappa shape index (κ1) is 12.2. The van der Waals surface area contributed by atoms with Crippen LogP contribution in [0.5, 0.6) is 11.5 Å². The van der Waals surface area contributed by atoms with Crippen LogP contribution < -0.4 is 10.1 Å². The number of benzene rings is 2. The second kappa shape index (κ2) is 5.89. The minimum Gasteiger partial charge on any atom is -0.457 e. The summed E-state index contributed by atoms with van der Waals surface area (Å²) in [6, 6.07) is 18.4. The molecule has 0 spiro atoms. The monoisotopic (exact) mass is 253 g/mol. The van der Waals surface area contributed by atoms with E-state index in [2.05, 4.69) is 23.5 Å². The van der Waals surface area contributed by atoms with E-state index < -0.39 is 0 Å². The Morgan fingerprint density at radius 2 is 1.84 bits per heavy atom. The molecule has 0 bridgehead atoms. The van der Waals surface area contributed by atoms with E-state index in [4.69, 9.17) is 4.74 Å². The van der Waals surface area contributed by atoms with Gasteiger partial charge in [-0.05, 0) is 61.7 Å². The van der Waals surface area contributed by atoms with Crippen LogP contribution in [0.4, 0.5) is 0 Å². The van der Waals surface area contributed by atoms with Crippen LogP contribution >= 0.6 is 0 Å². The molecule has 1 atom stereocenters. The van der Waals surface area contributed by atoms with Crippen LogP contribution in [0.1, 0.15) is 12.0 Å². The molecule has 0 aromatic heterocycles. The first-order valence-electron chi connectivity index (χ1n) is 6.93. The molecule has 1 unspecified atom stereocenters. The number of hydrogen-bond donors (Lipinski definition) is 1. The summed E-state index contributed by atoms with van der Waals surface area (Å²) in [6.07, 6.45) is 2.42. The third-order valence-corrected chi connectivity index (χ3v) is 3.56. The van der Waals surface area contributed by atoms with Crippen LogP contribution in [0.3, 0.4) is 0 Å². The molecule has 1 N–H and O–H groups in total. The number of ether oxygens (including phenoxy) is 1. The number of hydrogen-bond acceptors (Lipinski definition) is 2. The fourth-order valence-corrected chi connectivity index (χ4v) is 2.58. The molecule has 2 nitrogen and oxygen atoms in total. The Bertz CT molecular complexity index is 518. The zero-order chi connectivity index (χ0) is 12.9. The highest BCUT2D eigenvalue weighted by Gasteiger charge is 2.14. The van der Waals surface area contributed by atoms with Gasteiger partial charge in [-0.25, -0.2) is 0 Å². The topological polar surface area (TPSA) is 21.3 Å². The maximum absolute atomic E-state index is 5.87. The maximum atomic E-state index is 5.87. The van der Waals surface area contributed by atoms with Gasteiger partial charge in [-0.3, -0.25) is 0 Å². The zero-order valence-corrected chi connectivity index (χ0v) is 11.0. The van der Waals surface area contributed by atoms with Crippen molar-refractivity contribution in [1.29, 1.82) is 0 Å². The Morgan fingerprint density at radius 3 is 2.63 bits per heavy atom. The summed E-state index contributed by atoms with van der Waals surface area (Å²) in [6.45, 7) is 2.30. The molecular formula is C17H19NO. The summed E-state index contributed by atoms with van der Waals surface area (Å²) in [5.74, 6) is 2.59. The van der Waals surface area contributed by atoms with Crippen LogP contribution in [0.2, 0.25) is 0 Å². The van der Waals surface area contributed by atoms with Gasteiger partial charge in [-0.1, -0.05) is 30.3 Å². The second-order valence-electron chi connectivity index (χ2n) is 5.13. The largest absolute Gasteiger partial charge is 0.457 e. The second-order valence-corrected chi connectivity index (χ2v) is 5.13. The molecule has 19 heavy (non-hydrogen) atoms. The highest BCUT2D eigenvalue weighted by atomic mass is 16.5. The summed E-state index contributed by atoms with van der Waals surface area (Å²) in [7, 11) is 0. The minimum absolute atomic E-state index is 0.770. The fourth-order valence-electron chi connectivity index (χ4n) is 2.58. The Morgan fingerprint density at radius 1 is 1.00 bits per heavy atom. The molecule has 2 aromatic carbocycles. The molecule has 1 aliphatic heterocycles. The van der Waals surface area contributed by atoms with Gasteiger partial charge in [-0.2, -0.15) is 0 Å². The van der Waals surface area contributed by atoms with Gasteiger partial charge in [0.15, 0.2) is 0 Å². The van der Waals surface area contributed by atoms with Gasteiger partial charge in [0.2, 0.25) is 0 Å². The van der Waals surface area contributed by atoms with Crippen molar-refractivity contribution in [3.05, 3.63) is 60.2 Å². The lowest BCUT2D eigenvalue weighted by Gasteiger charge is -2.10. The van der Waals surface area contributed by atoms with Gasteiger partial charge in [0.1, 0.15) is 11.5 Å². The van der Waals surface area contributed by atoms with E-state index in [-0.39, 0.29) is 0 Å². The van der Waals surface area contributed by atoms with Gasteiger partial charge in [0.25, 0.3) is 0 Å². The molecule has 2 heteroatoms. The predicted molar refractivity (Wildman–Crippen MR) is 77.6 cm³/mol. The van der Waals surface area contributed by atoms with E-state index >= 15 is 0 Å². The molecule has 3 rings (SSSR count). The van der Waals surface area contributed by atoms with Gasteiger partial charge in [0, 0.05) is 0 Å². The van der Waals surface area contributed by atoms with Gasteiger partial charge in [-0.15, -0.1) is 0 Å². The van der Waals surface area contributed by atoms with Crippen molar-refractivity contribution in [2.45, 2.75) is 12.8 Å². The Hall–Kier alpha value is -1.80. The van der Waals surface area contributed by atoms with E-state index in [1.54, 1.807) is 0 Å². The van der Waals surface area contributed by atoms with Crippen molar-refractivity contribution in [3.8, 4) is 11.5 Å². The van der Waals surface area contributed by atoms with Crippen LogP contribution in [0.15, 0.2) is 54.6 Å². The standard InChI is InChI=1S/C17H19NO/c1-2-6-16(7-3-1)19-17-8-4-5-14(12-17)11-15-9-10-18-13-15/h1-8,12,15,18H,9-11,13H2. The van der Waals surface area contributed by atoms with Crippen LogP contribution in [0.25, 0.3) is 0 Å². The average Bonchev–Trinajstić information content (AvgIpc) is 2.93.